The van der Waals surface area contributed by atoms with Crippen LogP contribution in [0.2, 0.25) is 0 Å². The SMILES string of the molecule is COc1ccc(NC(=O)C(=O)N/N=C/c2ccccc2OC(=O)c2ccccc2)c(OC)c1. The second kappa shape index (κ2) is 11.1. The molecular weight excluding hydrogens is 426 g/mol. The van der Waals surface area contributed by atoms with Crippen LogP contribution in [0.3, 0.4) is 0 Å². The summed E-state index contributed by atoms with van der Waals surface area (Å²) in [5.41, 5.74) is 3.25. The van der Waals surface area contributed by atoms with Crippen LogP contribution in [0.1, 0.15) is 15.9 Å². The topological polar surface area (TPSA) is 115 Å². The maximum atomic E-state index is 12.3. The number of para-hydroxylation sites is 1. The van der Waals surface area contributed by atoms with Crippen molar-refractivity contribution in [3.63, 3.8) is 0 Å². The number of nitrogens with zero attached hydrogens (tertiary/aromatic N) is 1. The number of carbonyl (C=O) groups is 3. The number of methoxy groups -OCH3 is 2. The van der Waals surface area contributed by atoms with E-state index in [2.05, 4.69) is 15.8 Å². The van der Waals surface area contributed by atoms with E-state index in [-0.39, 0.29) is 5.75 Å². The Balaban J connectivity index is 1.63. The minimum absolute atomic E-state index is 0.247. The van der Waals surface area contributed by atoms with Gasteiger partial charge in [0.15, 0.2) is 0 Å². The molecular formula is C24H21N3O6. The number of amides is 2. The van der Waals surface area contributed by atoms with E-state index in [1.165, 1.54) is 20.4 Å². The number of hydrogen-bond donors (Lipinski definition) is 2. The lowest BCUT2D eigenvalue weighted by atomic mass is 10.2. The van der Waals surface area contributed by atoms with E-state index in [1.807, 2.05) is 0 Å². The van der Waals surface area contributed by atoms with Gasteiger partial charge in [-0.2, -0.15) is 5.10 Å². The number of hydrogen-bond acceptors (Lipinski definition) is 7. The summed E-state index contributed by atoms with van der Waals surface area (Å²) in [5, 5.41) is 6.23. The Hall–Kier alpha value is -4.66. The van der Waals surface area contributed by atoms with Gasteiger partial charge in [0.1, 0.15) is 17.2 Å². The molecule has 0 aliphatic rings. The van der Waals surface area contributed by atoms with E-state index in [9.17, 15) is 14.4 Å². The van der Waals surface area contributed by atoms with Crippen molar-refractivity contribution < 1.29 is 28.6 Å². The van der Waals surface area contributed by atoms with Crippen LogP contribution in [0, 0.1) is 0 Å². The second-order valence-electron chi connectivity index (χ2n) is 6.51. The summed E-state index contributed by atoms with van der Waals surface area (Å²) < 4.78 is 15.7. The molecule has 2 amide bonds. The third-order valence-electron chi connectivity index (χ3n) is 4.36. The van der Waals surface area contributed by atoms with Crippen LogP contribution in [-0.2, 0) is 9.59 Å². The predicted octanol–water partition coefficient (Wildman–Crippen LogP) is 3.01. The minimum Gasteiger partial charge on any atom is -0.497 e. The molecule has 9 heteroatoms. The molecule has 0 atom stereocenters. The molecule has 0 aromatic heterocycles. The lowest BCUT2D eigenvalue weighted by Gasteiger charge is -2.11. The molecule has 0 aliphatic heterocycles. The Morgan fingerprint density at radius 2 is 1.55 bits per heavy atom. The monoisotopic (exact) mass is 447 g/mol. The smallest absolute Gasteiger partial charge is 0.343 e. The first-order chi connectivity index (χ1) is 16.0. The third-order valence-corrected chi connectivity index (χ3v) is 4.36. The summed E-state index contributed by atoms with van der Waals surface area (Å²) in [5.74, 6) is -1.37. The van der Waals surface area contributed by atoms with Crippen LogP contribution in [0.25, 0.3) is 0 Å². The Kier molecular flexibility index (Phi) is 7.74. The molecule has 2 N–H and O–H groups in total. The zero-order chi connectivity index (χ0) is 23.6. The molecule has 33 heavy (non-hydrogen) atoms. The summed E-state index contributed by atoms with van der Waals surface area (Å²) in [7, 11) is 2.93. The van der Waals surface area contributed by atoms with Crippen molar-refractivity contribution in [3.05, 3.63) is 83.9 Å². The van der Waals surface area contributed by atoms with Crippen molar-refractivity contribution in [3.8, 4) is 17.2 Å². The van der Waals surface area contributed by atoms with Crippen molar-refractivity contribution in [2.45, 2.75) is 0 Å². The molecule has 3 rings (SSSR count). The van der Waals surface area contributed by atoms with E-state index >= 15 is 0 Å². The van der Waals surface area contributed by atoms with Gasteiger partial charge < -0.3 is 19.5 Å². The summed E-state index contributed by atoms with van der Waals surface area (Å²) >= 11 is 0. The Morgan fingerprint density at radius 1 is 0.818 bits per heavy atom. The molecule has 3 aromatic rings. The van der Waals surface area contributed by atoms with Crippen molar-refractivity contribution in [1.82, 2.24) is 5.43 Å². The standard InChI is InChI=1S/C24H21N3O6/c1-31-18-12-13-19(21(14-18)32-2)26-22(28)23(29)27-25-15-17-10-6-7-11-20(17)33-24(30)16-8-4-3-5-9-16/h3-15H,1-2H3,(H,26,28)(H,27,29)/b25-15+. The van der Waals surface area contributed by atoms with Gasteiger partial charge in [-0.15, -0.1) is 0 Å². The molecule has 0 unspecified atom stereocenters. The number of esters is 1. The molecule has 0 saturated carbocycles. The number of ether oxygens (including phenoxy) is 3. The first kappa shape index (κ1) is 23.0. The molecule has 9 nitrogen and oxygen atoms in total. The normalized spacial score (nSPS) is 10.4. The number of nitrogens with one attached hydrogen (secondary N) is 2. The van der Waals surface area contributed by atoms with Gasteiger partial charge in [0.2, 0.25) is 0 Å². The fourth-order valence-corrected chi connectivity index (χ4v) is 2.71. The number of hydrazone groups is 1. The molecule has 0 radical (unpaired) electrons. The highest BCUT2D eigenvalue weighted by Crippen LogP contribution is 2.28. The Bertz CT molecular complexity index is 1180. The molecule has 3 aromatic carbocycles. The molecule has 0 saturated heterocycles. The van der Waals surface area contributed by atoms with Gasteiger partial charge in [0.05, 0.1) is 31.7 Å². The van der Waals surface area contributed by atoms with Gasteiger partial charge in [0.25, 0.3) is 0 Å². The highest BCUT2D eigenvalue weighted by atomic mass is 16.5. The largest absolute Gasteiger partial charge is 0.497 e. The molecule has 0 heterocycles. The maximum absolute atomic E-state index is 12.3. The van der Waals surface area contributed by atoms with E-state index < -0.39 is 17.8 Å². The van der Waals surface area contributed by atoms with Crippen LogP contribution in [0.4, 0.5) is 5.69 Å². The van der Waals surface area contributed by atoms with E-state index in [0.717, 1.165) is 0 Å². The van der Waals surface area contributed by atoms with Gasteiger partial charge in [0, 0.05) is 11.6 Å². The zero-order valence-corrected chi connectivity index (χ0v) is 17.9. The molecule has 0 aliphatic carbocycles. The van der Waals surface area contributed by atoms with Gasteiger partial charge >= 0.3 is 17.8 Å². The zero-order valence-electron chi connectivity index (χ0n) is 17.9. The van der Waals surface area contributed by atoms with Crippen molar-refractivity contribution >= 4 is 29.7 Å². The number of benzene rings is 3. The van der Waals surface area contributed by atoms with Gasteiger partial charge in [-0.3, -0.25) is 9.59 Å². The van der Waals surface area contributed by atoms with Crippen LogP contribution in [0.5, 0.6) is 17.2 Å². The number of rotatable bonds is 7. The average molecular weight is 447 g/mol. The lowest BCUT2D eigenvalue weighted by Crippen LogP contribution is -2.32. The third kappa shape index (κ3) is 6.17. The first-order valence-electron chi connectivity index (χ1n) is 9.74. The number of anilines is 1. The van der Waals surface area contributed by atoms with E-state index in [1.54, 1.807) is 72.8 Å². The molecule has 0 bridgehead atoms. The van der Waals surface area contributed by atoms with E-state index in [4.69, 9.17) is 14.2 Å². The molecule has 0 fully saturated rings. The van der Waals surface area contributed by atoms with Crippen LogP contribution < -0.4 is 25.0 Å². The van der Waals surface area contributed by atoms with Crippen LogP contribution in [0.15, 0.2) is 77.9 Å². The fraction of sp³-hybridized carbons (Fsp3) is 0.0833. The second-order valence-corrected chi connectivity index (χ2v) is 6.51. The summed E-state index contributed by atoms with van der Waals surface area (Å²) in [6, 6.07) is 19.9. The average Bonchev–Trinajstić information content (AvgIpc) is 2.85. The van der Waals surface area contributed by atoms with Crippen LogP contribution in [-0.4, -0.2) is 38.2 Å². The number of carbonyl (C=O) groups excluding carboxylic acids is 3. The van der Waals surface area contributed by atoms with Gasteiger partial charge in [-0.1, -0.05) is 30.3 Å². The highest BCUT2D eigenvalue weighted by Gasteiger charge is 2.16. The quantitative estimate of drug-likeness (QED) is 0.189. The lowest BCUT2D eigenvalue weighted by molar-refractivity contribution is -0.136. The molecule has 168 valence electrons. The van der Waals surface area contributed by atoms with Crippen molar-refractivity contribution in [2.75, 3.05) is 19.5 Å². The maximum Gasteiger partial charge on any atom is 0.343 e. The Morgan fingerprint density at radius 3 is 2.27 bits per heavy atom. The van der Waals surface area contributed by atoms with Crippen LogP contribution >= 0.6 is 0 Å². The predicted molar refractivity (Wildman–Crippen MR) is 122 cm³/mol. The summed E-state index contributed by atoms with van der Waals surface area (Å²) in [6.45, 7) is 0. The minimum atomic E-state index is -0.997. The summed E-state index contributed by atoms with van der Waals surface area (Å²) in [4.78, 5) is 36.6. The highest BCUT2D eigenvalue weighted by molar-refractivity contribution is 6.39. The summed E-state index contributed by atoms with van der Waals surface area (Å²) in [6.07, 6.45) is 1.27. The fourth-order valence-electron chi connectivity index (χ4n) is 2.71. The molecule has 0 spiro atoms. The Labute approximate surface area is 190 Å². The van der Waals surface area contributed by atoms with Crippen molar-refractivity contribution in [1.29, 1.82) is 0 Å². The van der Waals surface area contributed by atoms with Crippen molar-refractivity contribution in [2.24, 2.45) is 5.10 Å². The van der Waals surface area contributed by atoms with Gasteiger partial charge in [-0.25, -0.2) is 10.2 Å². The van der Waals surface area contributed by atoms with E-state index in [0.29, 0.717) is 28.3 Å². The van der Waals surface area contributed by atoms with Gasteiger partial charge in [-0.05, 0) is 36.4 Å². The first-order valence-corrected chi connectivity index (χ1v) is 9.74.